The first kappa shape index (κ1) is 14.0. The van der Waals surface area contributed by atoms with E-state index < -0.39 is 0 Å². The molecular formula is C17H15BrN2O. The van der Waals surface area contributed by atoms with Crippen LogP contribution in [0.5, 0.6) is 11.5 Å². The van der Waals surface area contributed by atoms with Gasteiger partial charge in [-0.2, -0.15) is 0 Å². The third kappa shape index (κ3) is 3.23. The summed E-state index contributed by atoms with van der Waals surface area (Å²) >= 11 is 3.47. The van der Waals surface area contributed by atoms with E-state index in [1.54, 1.807) is 6.20 Å². The van der Waals surface area contributed by atoms with Crippen LogP contribution in [0.1, 0.15) is 5.56 Å². The van der Waals surface area contributed by atoms with E-state index in [9.17, 15) is 0 Å². The van der Waals surface area contributed by atoms with E-state index >= 15 is 0 Å². The first-order valence-corrected chi connectivity index (χ1v) is 7.57. The Bertz CT molecular complexity index is 774. The second kappa shape index (κ2) is 6.24. The molecule has 0 saturated carbocycles. The predicted octanol–water partition coefficient (Wildman–Crippen LogP) is 4.29. The van der Waals surface area contributed by atoms with Crippen LogP contribution < -0.4 is 10.5 Å². The van der Waals surface area contributed by atoms with E-state index in [2.05, 4.69) is 20.9 Å². The first-order chi connectivity index (χ1) is 10.3. The maximum atomic E-state index is 6.00. The Morgan fingerprint density at radius 2 is 1.95 bits per heavy atom. The van der Waals surface area contributed by atoms with Crippen LogP contribution in [-0.2, 0) is 6.42 Å². The maximum absolute atomic E-state index is 6.00. The predicted molar refractivity (Wildman–Crippen MR) is 88.7 cm³/mol. The Kier molecular flexibility index (Phi) is 4.18. The van der Waals surface area contributed by atoms with Crippen molar-refractivity contribution < 1.29 is 4.74 Å². The molecule has 0 aliphatic rings. The average molecular weight is 343 g/mol. The van der Waals surface area contributed by atoms with Crippen LogP contribution in [0.3, 0.4) is 0 Å². The van der Waals surface area contributed by atoms with Crippen molar-refractivity contribution in [2.24, 2.45) is 5.73 Å². The van der Waals surface area contributed by atoms with Crippen molar-refractivity contribution in [3.05, 3.63) is 64.8 Å². The Balaban J connectivity index is 1.95. The number of fused-ring (bicyclic) bond motifs is 1. The fraction of sp³-hybridized carbons (Fsp3) is 0.118. The number of hydrogen-bond acceptors (Lipinski definition) is 3. The van der Waals surface area contributed by atoms with E-state index in [1.165, 1.54) is 0 Å². The zero-order chi connectivity index (χ0) is 14.7. The number of para-hydroxylation sites is 1. The van der Waals surface area contributed by atoms with E-state index in [4.69, 9.17) is 10.5 Å². The lowest BCUT2D eigenvalue weighted by molar-refractivity contribution is 0.474. The molecule has 21 heavy (non-hydrogen) atoms. The van der Waals surface area contributed by atoms with Crippen LogP contribution in [0, 0.1) is 0 Å². The van der Waals surface area contributed by atoms with E-state index in [0.29, 0.717) is 6.54 Å². The lowest BCUT2D eigenvalue weighted by Crippen LogP contribution is -2.04. The van der Waals surface area contributed by atoms with Crippen LogP contribution in [-0.4, -0.2) is 11.5 Å². The topological polar surface area (TPSA) is 48.1 Å². The van der Waals surface area contributed by atoms with Crippen molar-refractivity contribution in [2.75, 3.05) is 6.54 Å². The number of ether oxygens (including phenoxy) is 1. The Morgan fingerprint density at radius 1 is 1.10 bits per heavy atom. The van der Waals surface area contributed by atoms with Crippen LogP contribution in [0.15, 0.2) is 59.2 Å². The molecular weight excluding hydrogens is 328 g/mol. The number of nitrogens with zero attached hydrogens (tertiary/aromatic N) is 1. The zero-order valence-corrected chi connectivity index (χ0v) is 13.0. The molecule has 3 nitrogen and oxygen atoms in total. The number of hydrogen-bond donors (Lipinski definition) is 1. The molecule has 1 aromatic heterocycles. The van der Waals surface area contributed by atoms with Gasteiger partial charge in [-0.15, -0.1) is 0 Å². The fourth-order valence-electron chi connectivity index (χ4n) is 2.22. The molecule has 4 heteroatoms. The molecule has 0 saturated heterocycles. The van der Waals surface area contributed by atoms with Gasteiger partial charge in [-0.05, 0) is 42.8 Å². The van der Waals surface area contributed by atoms with Crippen molar-refractivity contribution >= 4 is 26.8 Å². The summed E-state index contributed by atoms with van der Waals surface area (Å²) in [7, 11) is 0. The van der Waals surface area contributed by atoms with Gasteiger partial charge in [0.25, 0.3) is 0 Å². The molecule has 0 fully saturated rings. The molecule has 0 amide bonds. The number of aromatic nitrogens is 1. The Labute approximate surface area is 131 Å². The molecule has 0 atom stereocenters. The SMILES string of the molecule is NCCc1ccc(Br)cc1Oc1cnc2ccccc2c1. The van der Waals surface area contributed by atoms with E-state index in [0.717, 1.165) is 38.9 Å². The summed E-state index contributed by atoms with van der Waals surface area (Å²) in [5.74, 6) is 1.54. The molecule has 0 unspecified atom stereocenters. The highest BCUT2D eigenvalue weighted by Crippen LogP contribution is 2.29. The minimum absolute atomic E-state index is 0.591. The summed E-state index contributed by atoms with van der Waals surface area (Å²) in [6.45, 7) is 0.591. The molecule has 0 spiro atoms. The quantitative estimate of drug-likeness (QED) is 0.769. The molecule has 1 heterocycles. The van der Waals surface area contributed by atoms with Crippen molar-refractivity contribution in [1.82, 2.24) is 4.98 Å². The molecule has 2 aromatic carbocycles. The molecule has 3 rings (SSSR count). The van der Waals surface area contributed by atoms with Crippen molar-refractivity contribution in [3.8, 4) is 11.5 Å². The van der Waals surface area contributed by atoms with Gasteiger partial charge in [0, 0.05) is 9.86 Å². The molecule has 0 aliphatic carbocycles. The number of halogens is 1. The Morgan fingerprint density at radius 3 is 2.81 bits per heavy atom. The average Bonchev–Trinajstić information content (AvgIpc) is 2.50. The van der Waals surface area contributed by atoms with Gasteiger partial charge in [0.15, 0.2) is 0 Å². The van der Waals surface area contributed by atoms with Gasteiger partial charge in [0.1, 0.15) is 11.5 Å². The fourth-order valence-corrected chi connectivity index (χ4v) is 2.56. The van der Waals surface area contributed by atoms with Crippen molar-refractivity contribution in [1.29, 1.82) is 0 Å². The third-order valence-electron chi connectivity index (χ3n) is 3.24. The molecule has 0 bridgehead atoms. The van der Waals surface area contributed by atoms with Crippen LogP contribution >= 0.6 is 15.9 Å². The van der Waals surface area contributed by atoms with Gasteiger partial charge in [0.2, 0.25) is 0 Å². The van der Waals surface area contributed by atoms with Crippen LogP contribution in [0.4, 0.5) is 0 Å². The molecule has 106 valence electrons. The monoisotopic (exact) mass is 342 g/mol. The van der Waals surface area contributed by atoms with Gasteiger partial charge in [-0.3, -0.25) is 4.98 Å². The van der Waals surface area contributed by atoms with Gasteiger partial charge >= 0.3 is 0 Å². The number of pyridine rings is 1. The number of rotatable bonds is 4. The second-order valence-electron chi connectivity index (χ2n) is 4.76. The largest absolute Gasteiger partial charge is 0.455 e. The minimum atomic E-state index is 0.591. The third-order valence-corrected chi connectivity index (χ3v) is 3.73. The zero-order valence-electron chi connectivity index (χ0n) is 11.4. The smallest absolute Gasteiger partial charge is 0.146 e. The maximum Gasteiger partial charge on any atom is 0.146 e. The molecule has 3 aromatic rings. The molecule has 2 N–H and O–H groups in total. The van der Waals surface area contributed by atoms with Gasteiger partial charge in [-0.1, -0.05) is 40.2 Å². The van der Waals surface area contributed by atoms with Crippen molar-refractivity contribution in [3.63, 3.8) is 0 Å². The molecule has 0 radical (unpaired) electrons. The summed E-state index contributed by atoms with van der Waals surface area (Å²) in [6.07, 6.45) is 2.53. The summed E-state index contributed by atoms with van der Waals surface area (Å²) in [6, 6.07) is 16.0. The van der Waals surface area contributed by atoms with Gasteiger partial charge < -0.3 is 10.5 Å². The minimum Gasteiger partial charge on any atom is -0.455 e. The summed E-state index contributed by atoms with van der Waals surface area (Å²) in [4.78, 5) is 4.41. The highest BCUT2D eigenvalue weighted by atomic mass is 79.9. The van der Waals surface area contributed by atoms with Gasteiger partial charge in [0.05, 0.1) is 11.7 Å². The van der Waals surface area contributed by atoms with Crippen LogP contribution in [0.2, 0.25) is 0 Å². The van der Waals surface area contributed by atoms with Gasteiger partial charge in [-0.25, -0.2) is 0 Å². The van der Waals surface area contributed by atoms with E-state index in [1.807, 2.05) is 48.5 Å². The highest BCUT2D eigenvalue weighted by Gasteiger charge is 2.06. The first-order valence-electron chi connectivity index (χ1n) is 6.77. The summed E-state index contributed by atoms with van der Waals surface area (Å²) in [5, 5.41) is 1.06. The standard InChI is InChI=1S/C17H15BrN2O/c18-14-6-5-12(7-8-19)17(10-14)21-15-9-13-3-1-2-4-16(13)20-11-15/h1-6,9-11H,7-8,19H2. The van der Waals surface area contributed by atoms with Crippen LogP contribution in [0.25, 0.3) is 10.9 Å². The lowest BCUT2D eigenvalue weighted by atomic mass is 10.1. The lowest BCUT2D eigenvalue weighted by Gasteiger charge is -2.11. The summed E-state index contributed by atoms with van der Waals surface area (Å²) in [5.41, 5.74) is 7.71. The van der Waals surface area contributed by atoms with Crippen molar-refractivity contribution in [2.45, 2.75) is 6.42 Å². The normalized spacial score (nSPS) is 10.8. The number of benzene rings is 2. The number of nitrogens with two attached hydrogens (primary N) is 1. The second-order valence-corrected chi connectivity index (χ2v) is 5.67. The van der Waals surface area contributed by atoms with E-state index in [-0.39, 0.29) is 0 Å². The Hall–Kier alpha value is -1.91. The highest BCUT2D eigenvalue weighted by molar-refractivity contribution is 9.10. The molecule has 0 aliphatic heterocycles. The summed E-state index contributed by atoms with van der Waals surface area (Å²) < 4.78 is 6.98.